The number of halogens is 2. The van der Waals surface area contributed by atoms with E-state index < -0.39 is 0 Å². The van der Waals surface area contributed by atoms with E-state index in [0.717, 1.165) is 41.7 Å². The first-order valence-electron chi connectivity index (χ1n) is 5.89. The van der Waals surface area contributed by atoms with Gasteiger partial charge in [-0.2, -0.15) is 0 Å². The highest BCUT2D eigenvalue weighted by Crippen LogP contribution is 2.26. The van der Waals surface area contributed by atoms with Crippen LogP contribution in [-0.4, -0.2) is 26.3 Å². The van der Waals surface area contributed by atoms with Crippen molar-refractivity contribution in [3.8, 4) is 0 Å². The smallest absolute Gasteiger partial charge is 0.0512 e. The summed E-state index contributed by atoms with van der Waals surface area (Å²) in [5.41, 5.74) is 1.11. The Balaban J connectivity index is 2.10. The van der Waals surface area contributed by atoms with Gasteiger partial charge in [0.1, 0.15) is 0 Å². The van der Waals surface area contributed by atoms with Crippen molar-refractivity contribution in [1.29, 1.82) is 0 Å². The van der Waals surface area contributed by atoms with Gasteiger partial charge in [-0.15, -0.1) is 0 Å². The molecule has 1 aromatic rings. The van der Waals surface area contributed by atoms with Crippen LogP contribution >= 0.6 is 23.2 Å². The van der Waals surface area contributed by atoms with E-state index in [0.29, 0.717) is 12.0 Å². The Kier molecular flexibility index (Phi) is 4.69. The van der Waals surface area contributed by atoms with E-state index >= 15 is 0 Å². The first kappa shape index (κ1) is 13.2. The van der Waals surface area contributed by atoms with Crippen molar-refractivity contribution in [1.82, 2.24) is 5.32 Å². The summed E-state index contributed by atoms with van der Waals surface area (Å²) in [7, 11) is 2.00. The Morgan fingerprint density at radius 1 is 1.41 bits per heavy atom. The molecule has 2 unspecified atom stereocenters. The van der Waals surface area contributed by atoms with Crippen LogP contribution in [0.5, 0.6) is 0 Å². The zero-order chi connectivity index (χ0) is 12.3. The maximum absolute atomic E-state index is 6.19. The molecule has 1 saturated heterocycles. The minimum Gasteiger partial charge on any atom is -0.381 e. The summed E-state index contributed by atoms with van der Waals surface area (Å²) in [6.07, 6.45) is 1.96. The molecule has 2 nitrogen and oxygen atoms in total. The van der Waals surface area contributed by atoms with Crippen molar-refractivity contribution in [2.45, 2.75) is 18.9 Å². The third-order valence-corrected chi connectivity index (χ3v) is 3.94. The van der Waals surface area contributed by atoms with Crippen LogP contribution in [0, 0.1) is 5.92 Å². The lowest BCUT2D eigenvalue weighted by Crippen LogP contribution is -2.41. The molecule has 0 amide bonds. The molecule has 1 heterocycles. The molecule has 0 spiro atoms. The molecule has 0 radical (unpaired) electrons. The molecule has 17 heavy (non-hydrogen) atoms. The van der Waals surface area contributed by atoms with Crippen molar-refractivity contribution < 1.29 is 4.74 Å². The standard InChI is InChI=1S/C13H17Cl2NO/c1-16-13-4-5-17-8-10(13)6-9-7-11(14)2-3-12(9)15/h2-3,7,10,13,16H,4-6,8H2,1H3. The fourth-order valence-electron chi connectivity index (χ4n) is 2.36. The van der Waals surface area contributed by atoms with Crippen LogP contribution in [-0.2, 0) is 11.2 Å². The van der Waals surface area contributed by atoms with Crippen molar-refractivity contribution in [2.75, 3.05) is 20.3 Å². The molecule has 94 valence electrons. The molecule has 2 rings (SSSR count). The molecule has 4 heteroatoms. The predicted molar refractivity (Wildman–Crippen MR) is 71.9 cm³/mol. The summed E-state index contributed by atoms with van der Waals surface area (Å²) in [5.74, 6) is 0.463. The molecular weight excluding hydrogens is 257 g/mol. The van der Waals surface area contributed by atoms with Crippen LogP contribution in [0.1, 0.15) is 12.0 Å². The minimum atomic E-state index is 0.463. The molecule has 1 aromatic carbocycles. The fourth-order valence-corrected chi connectivity index (χ4v) is 2.75. The highest BCUT2D eigenvalue weighted by Gasteiger charge is 2.25. The lowest BCUT2D eigenvalue weighted by molar-refractivity contribution is 0.0342. The Morgan fingerprint density at radius 2 is 2.24 bits per heavy atom. The zero-order valence-corrected chi connectivity index (χ0v) is 11.4. The van der Waals surface area contributed by atoms with Gasteiger partial charge in [-0.1, -0.05) is 23.2 Å². The summed E-state index contributed by atoms with van der Waals surface area (Å²) in [4.78, 5) is 0. The summed E-state index contributed by atoms with van der Waals surface area (Å²) in [6, 6.07) is 6.13. The van der Waals surface area contributed by atoms with Gasteiger partial charge in [-0.05, 0) is 43.7 Å². The first-order chi connectivity index (χ1) is 8.20. The third kappa shape index (κ3) is 3.35. The minimum absolute atomic E-state index is 0.463. The van der Waals surface area contributed by atoms with Crippen molar-refractivity contribution in [3.05, 3.63) is 33.8 Å². The lowest BCUT2D eigenvalue weighted by atomic mass is 9.89. The van der Waals surface area contributed by atoms with Crippen molar-refractivity contribution in [2.24, 2.45) is 5.92 Å². The lowest BCUT2D eigenvalue weighted by Gasteiger charge is -2.31. The first-order valence-corrected chi connectivity index (χ1v) is 6.65. The molecule has 0 aromatic heterocycles. The van der Waals surface area contributed by atoms with Crippen LogP contribution in [0.4, 0.5) is 0 Å². The molecule has 1 fully saturated rings. The van der Waals surface area contributed by atoms with Crippen LogP contribution in [0.3, 0.4) is 0 Å². The molecular formula is C13H17Cl2NO. The predicted octanol–water partition coefficient (Wildman–Crippen LogP) is 3.16. The van der Waals surface area contributed by atoms with E-state index in [2.05, 4.69) is 5.32 Å². The number of rotatable bonds is 3. The van der Waals surface area contributed by atoms with Gasteiger partial charge >= 0.3 is 0 Å². The maximum Gasteiger partial charge on any atom is 0.0512 e. The van der Waals surface area contributed by atoms with Gasteiger partial charge < -0.3 is 10.1 Å². The maximum atomic E-state index is 6.19. The summed E-state index contributed by atoms with van der Waals surface area (Å²) in [6.45, 7) is 1.62. The molecule has 1 N–H and O–H groups in total. The molecule has 2 atom stereocenters. The fraction of sp³-hybridized carbons (Fsp3) is 0.538. The average molecular weight is 274 g/mol. The van der Waals surface area contributed by atoms with Crippen LogP contribution in [0.2, 0.25) is 10.0 Å². The molecule has 0 aliphatic carbocycles. The second-order valence-electron chi connectivity index (χ2n) is 4.46. The van der Waals surface area contributed by atoms with Gasteiger partial charge in [0.05, 0.1) is 6.61 Å². The Bertz CT molecular complexity index is 384. The zero-order valence-electron chi connectivity index (χ0n) is 9.88. The second kappa shape index (κ2) is 6.05. The van der Waals surface area contributed by atoms with Gasteiger partial charge in [-0.3, -0.25) is 0 Å². The van der Waals surface area contributed by atoms with Gasteiger partial charge in [0.2, 0.25) is 0 Å². The third-order valence-electron chi connectivity index (χ3n) is 3.33. The van der Waals surface area contributed by atoms with E-state index in [4.69, 9.17) is 27.9 Å². The second-order valence-corrected chi connectivity index (χ2v) is 5.30. The van der Waals surface area contributed by atoms with E-state index in [-0.39, 0.29) is 0 Å². The van der Waals surface area contributed by atoms with Crippen LogP contribution in [0.25, 0.3) is 0 Å². The number of hydrogen-bond acceptors (Lipinski definition) is 2. The Hall–Kier alpha value is -0.280. The van der Waals surface area contributed by atoms with Gasteiger partial charge in [-0.25, -0.2) is 0 Å². The van der Waals surface area contributed by atoms with Gasteiger partial charge in [0.15, 0.2) is 0 Å². The monoisotopic (exact) mass is 273 g/mol. The molecule has 1 aliphatic heterocycles. The van der Waals surface area contributed by atoms with Crippen molar-refractivity contribution in [3.63, 3.8) is 0 Å². The van der Waals surface area contributed by atoms with Gasteiger partial charge in [0, 0.05) is 28.6 Å². The highest BCUT2D eigenvalue weighted by atomic mass is 35.5. The topological polar surface area (TPSA) is 21.3 Å². The SMILES string of the molecule is CNC1CCOCC1Cc1cc(Cl)ccc1Cl. The van der Waals surface area contributed by atoms with E-state index in [1.54, 1.807) is 0 Å². The largest absolute Gasteiger partial charge is 0.381 e. The highest BCUT2D eigenvalue weighted by molar-refractivity contribution is 6.33. The van der Waals surface area contributed by atoms with E-state index in [1.165, 1.54) is 0 Å². The Labute approximate surface area is 112 Å². The van der Waals surface area contributed by atoms with Crippen molar-refractivity contribution >= 4 is 23.2 Å². The van der Waals surface area contributed by atoms with E-state index in [9.17, 15) is 0 Å². The van der Waals surface area contributed by atoms with Crippen LogP contribution < -0.4 is 5.32 Å². The number of ether oxygens (including phenoxy) is 1. The summed E-state index contributed by atoms with van der Waals surface area (Å²) in [5, 5.41) is 4.88. The summed E-state index contributed by atoms with van der Waals surface area (Å²) >= 11 is 12.2. The van der Waals surface area contributed by atoms with E-state index in [1.807, 2.05) is 25.2 Å². The Morgan fingerprint density at radius 3 is 3.00 bits per heavy atom. The van der Waals surface area contributed by atoms with Crippen LogP contribution in [0.15, 0.2) is 18.2 Å². The average Bonchev–Trinajstić information content (AvgIpc) is 2.34. The van der Waals surface area contributed by atoms with Gasteiger partial charge in [0.25, 0.3) is 0 Å². The molecule has 1 aliphatic rings. The molecule has 0 saturated carbocycles. The molecule has 0 bridgehead atoms. The normalized spacial score (nSPS) is 24.9. The summed E-state index contributed by atoms with van der Waals surface area (Å²) < 4.78 is 5.54. The number of hydrogen-bond donors (Lipinski definition) is 1. The number of benzene rings is 1. The quantitative estimate of drug-likeness (QED) is 0.914. The number of nitrogens with one attached hydrogen (secondary N) is 1.